The number of rotatable bonds is 11. The summed E-state index contributed by atoms with van der Waals surface area (Å²) in [4.78, 5) is 5.04. The van der Waals surface area contributed by atoms with Crippen molar-refractivity contribution in [1.29, 1.82) is 0 Å². The molecule has 3 unspecified atom stereocenters. The van der Waals surface area contributed by atoms with E-state index in [2.05, 4.69) is 260 Å². The Labute approximate surface area is 464 Å². The summed E-state index contributed by atoms with van der Waals surface area (Å²) in [5.41, 5.74) is 22.2. The molecule has 0 heterocycles. The first-order valence-electron chi connectivity index (χ1n) is 28.6. The fourth-order valence-electron chi connectivity index (χ4n) is 12.8. The average molecular weight is 1010 g/mol. The first-order chi connectivity index (χ1) is 38.6. The molecule has 2 heteroatoms. The van der Waals surface area contributed by atoms with Crippen LogP contribution in [0.15, 0.2) is 289 Å². The second-order valence-corrected chi connectivity index (χ2v) is 21.6. The van der Waals surface area contributed by atoms with Crippen LogP contribution in [0.4, 0.5) is 0 Å². The lowest BCUT2D eigenvalue weighted by molar-refractivity contribution is 0.356. The molecule has 384 valence electrons. The molecule has 3 atom stereocenters. The third-order valence-corrected chi connectivity index (χ3v) is 16.7. The van der Waals surface area contributed by atoms with Crippen LogP contribution >= 0.6 is 0 Å². The first-order valence-corrected chi connectivity index (χ1v) is 28.6. The molecule has 12 rings (SSSR count). The quantitative estimate of drug-likeness (QED) is 0.138. The van der Waals surface area contributed by atoms with Crippen LogP contribution < -0.4 is 0 Å². The smallest absolute Gasteiger partial charge is 0.0557 e. The summed E-state index contributed by atoms with van der Waals surface area (Å²) in [7, 11) is 0. The molecule has 0 saturated heterocycles. The summed E-state index contributed by atoms with van der Waals surface area (Å²) >= 11 is 0. The van der Waals surface area contributed by atoms with Crippen LogP contribution in [0.25, 0.3) is 34.6 Å². The van der Waals surface area contributed by atoms with Crippen molar-refractivity contribution in [2.75, 3.05) is 0 Å². The summed E-state index contributed by atoms with van der Waals surface area (Å²) in [6.07, 6.45) is 77.0. The van der Waals surface area contributed by atoms with Gasteiger partial charge in [0.05, 0.1) is 6.04 Å². The van der Waals surface area contributed by atoms with Gasteiger partial charge in [0.15, 0.2) is 0 Å². The van der Waals surface area contributed by atoms with Crippen molar-refractivity contribution in [1.82, 2.24) is 9.80 Å². The average Bonchev–Trinajstić information content (AvgIpc) is 3.55. The maximum Gasteiger partial charge on any atom is 0.0557 e. The van der Waals surface area contributed by atoms with Crippen molar-refractivity contribution in [2.24, 2.45) is 0 Å². The summed E-state index contributed by atoms with van der Waals surface area (Å²) in [5, 5.41) is 2.83. The number of aryl methyl sites for hydroxylation is 2. The number of benzene rings is 4. The Hall–Kier alpha value is -8.46. The predicted octanol–water partition coefficient (Wildman–Crippen LogP) is 19.4. The fourth-order valence-corrected chi connectivity index (χ4v) is 12.8. The highest BCUT2D eigenvalue weighted by Gasteiger charge is 2.29. The third-order valence-electron chi connectivity index (χ3n) is 16.7. The molecule has 8 aliphatic rings. The Morgan fingerprint density at radius 2 is 1.31 bits per heavy atom. The molecule has 4 bridgehead atoms. The molecule has 0 N–H and O–H groups in total. The molecule has 4 aromatic rings. The van der Waals surface area contributed by atoms with E-state index < -0.39 is 0 Å². The molecule has 78 heavy (non-hydrogen) atoms. The van der Waals surface area contributed by atoms with E-state index >= 15 is 0 Å². The van der Waals surface area contributed by atoms with Gasteiger partial charge in [0.1, 0.15) is 0 Å². The maximum absolute atomic E-state index is 4.34. The van der Waals surface area contributed by atoms with Crippen molar-refractivity contribution >= 4 is 34.6 Å². The van der Waals surface area contributed by atoms with E-state index in [4.69, 9.17) is 0 Å². The third kappa shape index (κ3) is 10.8. The molecule has 0 amide bonds. The topological polar surface area (TPSA) is 6.48 Å². The van der Waals surface area contributed by atoms with Gasteiger partial charge in [0.25, 0.3) is 0 Å². The molecule has 0 spiro atoms. The number of nitrogens with zero attached hydrogens (tertiary/aromatic N) is 2. The molecule has 4 aromatic carbocycles. The lowest BCUT2D eigenvalue weighted by Crippen LogP contribution is -2.33. The molecule has 0 fully saturated rings. The molecule has 0 aromatic heterocycles. The lowest BCUT2D eigenvalue weighted by atomic mass is 9.75. The van der Waals surface area contributed by atoms with Crippen molar-refractivity contribution in [3.05, 3.63) is 334 Å². The van der Waals surface area contributed by atoms with Gasteiger partial charge in [-0.05, 0) is 191 Å². The van der Waals surface area contributed by atoms with Crippen LogP contribution in [-0.4, -0.2) is 15.8 Å². The van der Waals surface area contributed by atoms with Crippen molar-refractivity contribution in [3.63, 3.8) is 0 Å². The van der Waals surface area contributed by atoms with Crippen molar-refractivity contribution in [2.45, 2.75) is 88.5 Å². The maximum atomic E-state index is 4.34. The Bertz CT molecular complexity index is 3650. The molecule has 0 aliphatic heterocycles. The van der Waals surface area contributed by atoms with Gasteiger partial charge in [0, 0.05) is 40.3 Å². The Balaban J connectivity index is 0.801. The minimum atomic E-state index is 0.174. The minimum absolute atomic E-state index is 0.174. The summed E-state index contributed by atoms with van der Waals surface area (Å²) in [6, 6.07) is 27.8. The van der Waals surface area contributed by atoms with Gasteiger partial charge in [0.2, 0.25) is 0 Å². The van der Waals surface area contributed by atoms with E-state index in [9.17, 15) is 0 Å². The predicted molar refractivity (Wildman–Crippen MR) is 334 cm³/mol. The molecular weight excluding hydrogens is 941 g/mol. The highest BCUT2D eigenvalue weighted by molar-refractivity contribution is 6.01. The van der Waals surface area contributed by atoms with E-state index in [-0.39, 0.29) is 12.0 Å². The van der Waals surface area contributed by atoms with Crippen molar-refractivity contribution < 1.29 is 0 Å². The summed E-state index contributed by atoms with van der Waals surface area (Å²) in [6.45, 7) is 8.49. The Morgan fingerprint density at radius 3 is 2.05 bits per heavy atom. The largest absolute Gasteiger partial charge is 0.338 e. The highest BCUT2D eigenvalue weighted by Crippen LogP contribution is 2.46. The Kier molecular flexibility index (Phi) is 15.1. The molecule has 0 radical (unpaired) electrons. The van der Waals surface area contributed by atoms with Gasteiger partial charge in [-0.2, -0.15) is 0 Å². The zero-order chi connectivity index (χ0) is 52.6. The van der Waals surface area contributed by atoms with Gasteiger partial charge in [-0.1, -0.05) is 220 Å². The molecule has 2 nitrogen and oxygen atoms in total. The number of allylic oxidation sites excluding steroid dienone is 30. The summed E-state index contributed by atoms with van der Waals surface area (Å²) in [5.74, 6) is 0.723. The second-order valence-electron chi connectivity index (χ2n) is 21.6. The van der Waals surface area contributed by atoms with Crippen LogP contribution in [0.3, 0.4) is 0 Å². The summed E-state index contributed by atoms with van der Waals surface area (Å²) < 4.78 is 0. The van der Waals surface area contributed by atoms with E-state index in [1.807, 2.05) is 12.2 Å². The minimum Gasteiger partial charge on any atom is -0.338 e. The fraction of sp³-hybridized carbons (Fsp3) is 0.184. The monoisotopic (exact) mass is 1010 g/mol. The van der Waals surface area contributed by atoms with Gasteiger partial charge in [-0.15, -0.1) is 0 Å². The van der Waals surface area contributed by atoms with Gasteiger partial charge < -0.3 is 9.80 Å². The lowest BCUT2D eigenvalue weighted by Gasteiger charge is -2.37. The van der Waals surface area contributed by atoms with Gasteiger partial charge >= 0.3 is 0 Å². The number of hydrogen-bond acceptors (Lipinski definition) is 2. The Morgan fingerprint density at radius 1 is 0.551 bits per heavy atom. The van der Waals surface area contributed by atoms with E-state index in [1.165, 1.54) is 94.7 Å². The highest BCUT2D eigenvalue weighted by atomic mass is 15.2. The van der Waals surface area contributed by atoms with E-state index in [0.717, 1.165) is 82.0 Å². The normalized spacial score (nSPS) is 26.5. The van der Waals surface area contributed by atoms with Crippen LogP contribution in [0.2, 0.25) is 0 Å². The first kappa shape index (κ1) is 50.4. The molecular formula is C76H70N2. The zero-order valence-electron chi connectivity index (χ0n) is 45.0. The van der Waals surface area contributed by atoms with Crippen LogP contribution in [-0.2, 0) is 12.8 Å². The van der Waals surface area contributed by atoms with Gasteiger partial charge in [-0.3, -0.25) is 0 Å². The zero-order valence-corrected chi connectivity index (χ0v) is 45.0. The van der Waals surface area contributed by atoms with Crippen LogP contribution in [0, 0.1) is 0 Å². The number of fused-ring (bicyclic) bond motifs is 4. The SMILES string of the molecule is C=C/C=C(\C=C)N(C1=CCC(c2cc3c4c5c(cccc25)C=CC4CC=C3)C=C1)\C1=C/C=C\C=C/C=C(\C2=C/C=C\C=C/C=C(\N(C3=CCCC=C3)C3C=CC(/C4=C/c5cccc(c5)CCc5cccc4c5)=CC3)CC2)CC1. The number of hydrogen-bond donors (Lipinski definition) is 0. The second kappa shape index (κ2) is 23.4. The standard InChI is InChI=1S/C76H70N2/c1-3-20-66(4-2)77(70-49-43-61(44-50-70)74-54-65-29-18-26-62-37-38-63-27-19-34-72(74)76(63)75(62)65)68-32-12-7-5-10-24-58(39-45-68)59-25-11-6-8-13-33-69(46-40-59)78(67-30-14-9-15-31-67)71-47-41-60(42-48-71)73-53-57-23-16-21-55(51-57)35-36-56-22-17-28-64(73)52-56/h3-8,10-14,16-25,27-34,37-38,41-43,47,49-54,61-62,71H,1-2,9,15,26,35-36,39-40,44-46,48H2/b10-5-,11-6-,12-7-,13-8-,58-24-,59-25-,66-20+,68-32-,69-33-,73-53-. The van der Waals surface area contributed by atoms with Crippen molar-refractivity contribution in [3.8, 4) is 0 Å². The van der Waals surface area contributed by atoms with E-state index in [1.54, 1.807) is 0 Å². The molecule has 0 saturated carbocycles. The van der Waals surface area contributed by atoms with Gasteiger partial charge in [-0.25, -0.2) is 0 Å². The molecule has 8 aliphatic carbocycles. The van der Waals surface area contributed by atoms with Crippen LogP contribution in [0.1, 0.15) is 114 Å². The van der Waals surface area contributed by atoms with Crippen LogP contribution in [0.5, 0.6) is 0 Å². The van der Waals surface area contributed by atoms with E-state index in [0.29, 0.717) is 5.92 Å².